The van der Waals surface area contributed by atoms with Gasteiger partial charge in [0.2, 0.25) is 0 Å². The van der Waals surface area contributed by atoms with Crippen LogP contribution in [0.1, 0.15) is 12.0 Å². The fourth-order valence-corrected chi connectivity index (χ4v) is 3.18. The van der Waals surface area contributed by atoms with Gasteiger partial charge in [0.1, 0.15) is 5.75 Å². The van der Waals surface area contributed by atoms with Gasteiger partial charge in [-0.1, -0.05) is 0 Å². The van der Waals surface area contributed by atoms with Crippen LogP contribution in [0.3, 0.4) is 0 Å². The molecular weight excluding hydrogens is 321 g/mol. The van der Waals surface area contributed by atoms with E-state index in [1.165, 1.54) is 11.3 Å². The third kappa shape index (κ3) is 1.48. The van der Waals surface area contributed by atoms with Crippen molar-refractivity contribution in [3.8, 4) is 5.75 Å². The number of thiophene rings is 1. The second-order valence-electron chi connectivity index (χ2n) is 2.76. The van der Waals surface area contributed by atoms with Gasteiger partial charge < -0.3 is 5.11 Å². The lowest BCUT2D eigenvalue weighted by molar-refractivity contribution is 0.150. The van der Waals surface area contributed by atoms with Crippen molar-refractivity contribution in [2.24, 2.45) is 0 Å². The number of rotatable bonds is 1. The van der Waals surface area contributed by atoms with E-state index in [2.05, 4.69) is 0 Å². The van der Waals surface area contributed by atoms with Crippen molar-refractivity contribution in [3.63, 3.8) is 0 Å². The Bertz CT molecular complexity index is 481. The maximum Gasteiger partial charge on any atom is 0.265 e. The zero-order valence-electron chi connectivity index (χ0n) is 6.80. The van der Waals surface area contributed by atoms with Crippen LogP contribution in [0.25, 0.3) is 10.1 Å². The molecule has 1 N–H and O–H groups in total. The van der Waals surface area contributed by atoms with Gasteiger partial charge in [0.15, 0.2) is 0 Å². The lowest BCUT2D eigenvalue weighted by Gasteiger charge is -2.05. The summed E-state index contributed by atoms with van der Waals surface area (Å²) in [6.45, 7) is 0. The molecule has 0 radical (unpaired) electrons. The largest absolute Gasteiger partial charge is 0.507 e. The van der Waals surface area contributed by atoms with Gasteiger partial charge in [-0.2, -0.15) is 0 Å². The van der Waals surface area contributed by atoms with Gasteiger partial charge in [0, 0.05) is 14.5 Å². The Morgan fingerprint density at radius 2 is 2.14 bits per heavy atom. The summed E-state index contributed by atoms with van der Waals surface area (Å²) in [7, 11) is 0. The molecule has 0 aliphatic carbocycles. The Morgan fingerprint density at radius 1 is 1.43 bits per heavy atom. The fourth-order valence-electron chi connectivity index (χ4n) is 1.26. The Hall–Kier alpha value is -0.430. The molecule has 2 aromatic rings. The first-order valence-electron chi connectivity index (χ1n) is 3.78. The van der Waals surface area contributed by atoms with Crippen LogP contribution >= 0.6 is 33.9 Å². The average molecular weight is 326 g/mol. The van der Waals surface area contributed by atoms with E-state index in [1.807, 2.05) is 22.6 Å². The van der Waals surface area contributed by atoms with Gasteiger partial charge in [0.25, 0.3) is 6.43 Å². The molecule has 2 rings (SSSR count). The van der Waals surface area contributed by atoms with Gasteiger partial charge in [-0.15, -0.1) is 11.3 Å². The Balaban J connectivity index is 2.82. The lowest BCUT2D eigenvalue weighted by atomic mass is 10.1. The van der Waals surface area contributed by atoms with Crippen LogP contribution < -0.4 is 0 Å². The smallest absolute Gasteiger partial charge is 0.265 e. The summed E-state index contributed by atoms with van der Waals surface area (Å²) in [6.07, 6.45) is -2.54. The molecule has 1 heterocycles. The second kappa shape index (κ2) is 3.62. The maximum absolute atomic E-state index is 12.5. The van der Waals surface area contributed by atoms with Gasteiger partial charge in [-0.25, -0.2) is 8.78 Å². The van der Waals surface area contributed by atoms with E-state index < -0.39 is 6.43 Å². The first-order chi connectivity index (χ1) is 6.61. The van der Waals surface area contributed by atoms with Gasteiger partial charge in [0.05, 0.1) is 4.70 Å². The minimum absolute atomic E-state index is 0.0723. The molecule has 0 bridgehead atoms. The summed E-state index contributed by atoms with van der Waals surface area (Å²) in [5, 5.41) is 11.9. The van der Waals surface area contributed by atoms with E-state index in [9.17, 15) is 13.9 Å². The molecule has 0 spiro atoms. The quantitative estimate of drug-likeness (QED) is 0.781. The van der Waals surface area contributed by atoms with E-state index >= 15 is 0 Å². The monoisotopic (exact) mass is 326 g/mol. The number of benzene rings is 1. The molecule has 0 atom stereocenters. The Kier molecular flexibility index (Phi) is 2.61. The highest BCUT2D eigenvalue weighted by atomic mass is 127. The summed E-state index contributed by atoms with van der Waals surface area (Å²) in [5.74, 6) is -0.0723. The van der Waals surface area contributed by atoms with Crippen molar-refractivity contribution in [2.45, 2.75) is 6.43 Å². The normalized spacial score (nSPS) is 11.4. The van der Waals surface area contributed by atoms with Gasteiger partial charge >= 0.3 is 0 Å². The van der Waals surface area contributed by atoms with E-state index in [0.717, 1.165) is 10.8 Å². The standard InChI is InChI=1S/C9H5F2IOS/c10-9(11)5-3-6(13)4-1-2-14-8(4)7(5)12/h1-3,9,13H. The van der Waals surface area contributed by atoms with Crippen molar-refractivity contribution in [1.82, 2.24) is 0 Å². The van der Waals surface area contributed by atoms with Crippen LogP contribution in [0.5, 0.6) is 5.75 Å². The first-order valence-corrected chi connectivity index (χ1v) is 5.74. The number of aromatic hydroxyl groups is 1. The number of alkyl halides is 2. The number of halogens is 3. The summed E-state index contributed by atoms with van der Waals surface area (Å²) >= 11 is 3.25. The van der Waals surface area contributed by atoms with Gasteiger partial charge in [-0.05, 0) is 40.1 Å². The summed E-state index contributed by atoms with van der Waals surface area (Å²) in [5.41, 5.74) is -0.0990. The van der Waals surface area contributed by atoms with Gasteiger partial charge in [-0.3, -0.25) is 0 Å². The molecule has 1 nitrogen and oxygen atoms in total. The SMILES string of the molecule is Oc1cc(C(F)F)c(I)c2sccc12. The van der Waals surface area contributed by atoms with Crippen LogP contribution in [0, 0.1) is 3.57 Å². The predicted molar refractivity (Wildman–Crippen MR) is 61.2 cm³/mol. The first kappa shape index (κ1) is 10.1. The van der Waals surface area contributed by atoms with Crippen molar-refractivity contribution < 1.29 is 13.9 Å². The molecule has 14 heavy (non-hydrogen) atoms. The van der Waals surface area contributed by atoms with E-state index in [4.69, 9.17) is 0 Å². The zero-order chi connectivity index (χ0) is 10.3. The molecule has 0 saturated carbocycles. The van der Waals surface area contributed by atoms with Crippen molar-refractivity contribution in [3.05, 3.63) is 26.6 Å². The Labute approximate surface area is 96.5 Å². The number of phenolic OH excluding ortho intramolecular Hbond substituents is 1. The molecule has 1 aromatic heterocycles. The van der Waals surface area contributed by atoms with Crippen molar-refractivity contribution >= 4 is 44.0 Å². The highest BCUT2D eigenvalue weighted by Gasteiger charge is 2.17. The molecule has 5 heteroatoms. The third-order valence-electron chi connectivity index (χ3n) is 1.92. The van der Waals surface area contributed by atoms with Crippen LogP contribution in [-0.4, -0.2) is 5.11 Å². The molecule has 74 valence electrons. The maximum atomic E-state index is 12.5. The van der Waals surface area contributed by atoms with Crippen LogP contribution in [-0.2, 0) is 0 Å². The summed E-state index contributed by atoms with van der Waals surface area (Å²) in [4.78, 5) is 0. The molecule has 0 amide bonds. The Morgan fingerprint density at radius 3 is 2.79 bits per heavy atom. The van der Waals surface area contributed by atoms with E-state index in [1.54, 1.807) is 11.4 Å². The highest BCUT2D eigenvalue weighted by molar-refractivity contribution is 14.1. The van der Waals surface area contributed by atoms with Crippen LogP contribution in [0.15, 0.2) is 17.5 Å². The van der Waals surface area contributed by atoms with Crippen LogP contribution in [0.4, 0.5) is 8.78 Å². The molecule has 0 fully saturated rings. The summed E-state index contributed by atoms with van der Waals surface area (Å²) in [6, 6.07) is 2.87. The minimum atomic E-state index is -2.54. The van der Waals surface area contributed by atoms with Crippen molar-refractivity contribution in [2.75, 3.05) is 0 Å². The molecule has 0 unspecified atom stereocenters. The van der Waals surface area contributed by atoms with Crippen LogP contribution in [0.2, 0.25) is 0 Å². The number of hydrogen-bond acceptors (Lipinski definition) is 2. The predicted octanol–water partition coefficient (Wildman–Crippen LogP) is 4.15. The summed E-state index contributed by atoms with van der Waals surface area (Å²) < 4.78 is 26.3. The van der Waals surface area contributed by atoms with E-state index in [-0.39, 0.29) is 11.3 Å². The number of phenols is 1. The molecular formula is C9H5F2IOS. The number of hydrogen-bond donors (Lipinski definition) is 1. The van der Waals surface area contributed by atoms with E-state index in [0.29, 0.717) is 8.96 Å². The van der Waals surface area contributed by atoms with Crippen molar-refractivity contribution in [1.29, 1.82) is 0 Å². The fraction of sp³-hybridized carbons (Fsp3) is 0.111. The molecule has 0 saturated heterocycles. The second-order valence-corrected chi connectivity index (χ2v) is 4.76. The minimum Gasteiger partial charge on any atom is -0.507 e. The topological polar surface area (TPSA) is 20.2 Å². The third-order valence-corrected chi connectivity index (χ3v) is 4.38. The lowest BCUT2D eigenvalue weighted by Crippen LogP contribution is -1.89. The highest BCUT2D eigenvalue weighted by Crippen LogP contribution is 2.38. The average Bonchev–Trinajstić information content (AvgIpc) is 2.59. The zero-order valence-corrected chi connectivity index (χ0v) is 9.77. The molecule has 0 aliphatic heterocycles. The molecule has 0 aliphatic rings. The number of fused-ring (bicyclic) bond motifs is 1. The molecule has 1 aromatic carbocycles.